The Morgan fingerprint density at radius 1 is 1.03 bits per heavy atom. The molecule has 2 aromatic carbocycles. The second-order valence-electron chi connectivity index (χ2n) is 8.95. The zero-order valence-corrected chi connectivity index (χ0v) is 20.6. The minimum absolute atomic E-state index is 0.194. The number of oxazole rings is 1. The second kappa shape index (κ2) is 10.1. The first kappa shape index (κ1) is 25.7. The molecule has 38 heavy (non-hydrogen) atoms. The van der Waals surface area contributed by atoms with Crippen LogP contribution in [0.25, 0.3) is 11.5 Å². The van der Waals surface area contributed by atoms with Crippen molar-refractivity contribution in [3.63, 3.8) is 0 Å². The molecule has 0 spiro atoms. The van der Waals surface area contributed by atoms with Gasteiger partial charge >= 0.3 is 6.18 Å². The lowest BCUT2D eigenvalue weighted by Gasteiger charge is -2.39. The molecule has 1 aliphatic rings. The first-order valence-corrected chi connectivity index (χ1v) is 12.1. The average molecular weight is 543 g/mol. The minimum atomic E-state index is -4.88. The van der Waals surface area contributed by atoms with Gasteiger partial charge in [0, 0.05) is 23.7 Å². The lowest BCUT2D eigenvalue weighted by molar-refractivity contribution is -0.141. The summed E-state index contributed by atoms with van der Waals surface area (Å²) in [5.41, 5.74) is -1.07. The molecule has 0 radical (unpaired) electrons. The number of piperidine rings is 1. The smallest absolute Gasteiger partial charge is 0.430 e. The fraction of sp³-hybridized carbons (Fsp3) is 0.222. The van der Waals surface area contributed by atoms with Crippen LogP contribution >= 0.6 is 11.6 Å². The van der Waals surface area contributed by atoms with Gasteiger partial charge in [-0.1, -0.05) is 41.9 Å². The van der Waals surface area contributed by atoms with E-state index in [0.717, 1.165) is 5.56 Å². The van der Waals surface area contributed by atoms with Crippen LogP contribution in [0, 0.1) is 0 Å². The summed E-state index contributed by atoms with van der Waals surface area (Å²) in [4.78, 5) is 22.6. The number of benzene rings is 2. The fourth-order valence-electron chi connectivity index (χ4n) is 4.36. The van der Waals surface area contributed by atoms with Crippen LogP contribution in [-0.4, -0.2) is 34.1 Å². The maximum atomic E-state index is 13.6. The lowest BCUT2D eigenvalue weighted by Crippen LogP contribution is -2.42. The summed E-state index contributed by atoms with van der Waals surface area (Å²) in [6.07, 6.45) is -2.57. The quantitative estimate of drug-likeness (QED) is 0.314. The highest BCUT2D eigenvalue weighted by atomic mass is 35.5. The predicted octanol–water partition coefficient (Wildman–Crippen LogP) is 6.15. The molecular weight excluding hydrogens is 521 g/mol. The number of aromatic nitrogens is 2. The Kier molecular flexibility index (Phi) is 6.85. The van der Waals surface area contributed by atoms with E-state index in [0.29, 0.717) is 42.3 Å². The molecule has 1 amide bonds. The van der Waals surface area contributed by atoms with E-state index in [1.165, 1.54) is 18.3 Å². The highest BCUT2D eigenvalue weighted by Gasteiger charge is 2.41. The van der Waals surface area contributed by atoms with Gasteiger partial charge in [0.05, 0.1) is 17.5 Å². The maximum Gasteiger partial charge on any atom is 0.437 e. The molecule has 1 saturated heterocycles. The number of carbonyl (C=O) groups excluding carboxylic acids is 1. The number of carbonyl (C=O) groups is 1. The average Bonchev–Trinajstić information content (AvgIpc) is 3.37. The number of hydrogen-bond acceptors (Lipinski definition) is 6. The van der Waals surface area contributed by atoms with Crippen molar-refractivity contribution in [2.45, 2.75) is 24.6 Å². The van der Waals surface area contributed by atoms with Crippen LogP contribution < -0.4 is 10.2 Å². The van der Waals surface area contributed by atoms with Gasteiger partial charge < -0.3 is 19.7 Å². The molecule has 11 heteroatoms. The molecule has 0 aliphatic carbocycles. The number of anilines is 2. The number of hydrogen-bond donors (Lipinski definition) is 2. The minimum Gasteiger partial charge on any atom is -0.430 e. The van der Waals surface area contributed by atoms with Gasteiger partial charge in [-0.2, -0.15) is 13.2 Å². The highest BCUT2D eigenvalue weighted by Crippen LogP contribution is 2.36. The summed E-state index contributed by atoms with van der Waals surface area (Å²) in [6, 6.07) is 18.3. The molecule has 4 aromatic rings. The zero-order valence-electron chi connectivity index (χ0n) is 19.9. The first-order valence-electron chi connectivity index (χ1n) is 11.8. The number of aliphatic hydroxyl groups is 1. The van der Waals surface area contributed by atoms with Gasteiger partial charge in [-0.3, -0.25) is 4.79 Å². The fourth-order valence-corrected chi connectivity index (χ4v) is 4.49. The molecule has 2 aromatic heterocycles. The Balaban J connectivity index is 1.27. The van der Waals surface area contributed by atoms with Crippen LogP contribution in [0.3, 0.4) is 0 Å². The van der Waals surface area contributed by atoms with Crippen molar-refractivity contribution >= 4 is 29.0 Å². The Labute approximate surface area is 220 Å². The lowest BCUT2D eigenvalue weighted by atomic mass is 9.84. The third kappa shape index (κ3) is 5.36. The summed E-state index contributed by atoms with van der Waals surface area (Å²) in [7, 11) is 0. The SMILES string of the molecule is O=C(Nc1ccc(N2CCC(O)(c3ccc(Cl)cc3)CC2)nc1)c1oc(-c2ccccc2)nc1C(F)(F)F. The van der Waals surface area contributed by atoms with Gasteiger partial charge in [-0.15, -0.1) is 0 Å². The van der Waals surface area contributed by atoms with Gasteiger partial charge in [0.25, 0.3) is 5.91 Å². The van der Waals surface area contributed by atoms with Crippen molar-refractivity contribution in [3.8, 4) is 11.5 Å². The molecule has 3 heterocycles. The van der Waals surface area contributed by atoms with E-state index < -0.39 is 29.1 Å². The van der Waals surface area contributed by atoms with E-state index in [1.54, 1.807) is 42.5 Å². The molecule has 0 saturated carbocycles. The number of nitrogens with zero attached hydrogens (tertiary/aromatic N) is 3. The Bertz CT molecular complexity index is 1420. The molecule has 7 nitrogen and oxygen atoms in total. The highest BCUT2D eigenvalue weighted by molar-refractivity contribution is 6.30. The van der Waals surface area contributed by atoms with E-state index >= 15 is 0 Å². The van der Waals surface area contributed by atoms with E-state index in [2.05, 4.69) is 15.3 Å². The number of halogens is 4. The van der Waals surface area contributed by atoms with Gasteiger partial charge in [0.1, 0.15) is 5.82 Å². The van der Waals surface area contributed by atoms with E-state index in [4.69, 9.17) is 16.0 Å². The second-order valence-corrected chi connectivity index (χ2v) is 9.38. The third-order valence-corrected chi connectivity index (χ3v) is 6.68. The molecule has 5 rings (SSSR count). The molecule has 2 N–H and O–H groups in total. The van der Waals surface area contributed by atoms with Crippen molar-refractivity contribution in [1.82, 2.24) is 9.97 Å². The van der Waals surface area contributed by atoms with Crippen LogP contribution in [0.5, 0.6) is 0 Å². The number of amides is 1. The maximum absolute atomic E-state index is 13.6. The normalized spacial score (nSPS) is 15.3. The molecule has 0 bridgehead atoms. The summed E-state index contributed by atoms with van der Waals surface area (Å²) < 4.78 is 46.0. The Morgan fingerprint density at radius 3 is 2.32 bits per heavy atom. The molecule has 1 fully saturated rings. The molecule has 196 valence electrons. The van der Waals surface area contributed by atoms with E-state index in [-0.39, 0.29) is 11.6 Å². The van der Waals surface area contributed by atoms with Gasteiger partial charge in [-0.25, -0.2) is 9.97 Å². The predicted molar refractivity (Wildman–Crippen MR) is 136 cm³/mol. The summed E-state index contributed by atoms with van der Waals surface area (Å²) in [5, 5.41) is 14.1. The summed E-state index contributed by atoms with van der Waals surface area (Å²) in [5.74, 6) is -1.71. The van der Waals surface area contributed by atoms with Crippen molar-refractivity contribution in [2.75, 3.05) is 23.3 Å². The molecule has 0 unspecified atom stereocenters. The number of pyridine rings is 1. The zero-order chi connectivity index (χ0) is 26.9. The van der Waals surface area contributed by atoms with Crippen LogP contribution in [-0.2, 0) is 11.8 Å². The largest absolute Gasteiger partial charge is 0.437 e. The first-order chi connectivity index (χ1) is 18.1. The van der Waals surface area contributed by atoms with Crippen LogP contribution in [0.1, 0.15) is 34.7 Å². The van der Waals surface area contributed by atoms with Crippen molar-refractivity contribution < 1.29 is 27.5 Å². The summed E-state index contributed by atoms with van der Waals surface area (Å²) in [6.45, 7) is 1.07. The summed E-state index contributed by atoms with van der Waals surface area (Å²) >= 11 is 5.95. The molecule has 1 aliphatic heterocycles. The Hall–Kier alpha value is -3.89. The van der Waals surface area contributed by atoms with E-state index in [1.807, 2.05) is 17.0 Å². The van der Waals surface area contributed by atoms with Gasteiger partial charge in [0.2, 0.25) is 11.7 Å². The van der Waals surface area contributed by atoms with Crippen molar-refractivity contribution in [1.29, 1.82) is 0 Å². The van der Waals surface area contributed by atoms with E-state index in [9.17, 15) is 23.1 Å². The Morgan fingerprint density at radius 2 is 1.71 bits per heavy atom. The van der Waals surface area contributed by atoms with Crippen LogP contribution in [0.15, 0.2) is 77.3 Å². The number of alkyl halides is 3. The third-order valence-electron chi connectivity index (χ3n) is 6.42. The van der Waals surface area contributed by atoms with Gasteiger partial charge in [-0.05, 0) is 54.8 Å². The topological polar surface area (TPSA) is 91.5 Å². The number of rotatable bonds is 5. The van der Waals surface area contributed by atoms with Crippen LogP contribution in [0.4, 0.5) is 24.7 Å². The standard InChI is InChI=1S/C27H22ClF3N4O3/c28-19-8-6-18(7-9-19)26(37)12-14-35(15-13-26)21-11-10-20(16-32-21)33-24(36)22-23(27(29,30)31)34-25(38-22)17-4-2-1-3-5-17/h1-11,16,37H,12-15H2,(H,33,36). The molecule has 0 atom stereocenters. The number of nitrogens with one attached hydrogen (secondary N) is 1. The van der Waals surface area contributed by atoms with Gasteiger partial charge in [0.15, 0.2) is 5.69 Å². The van der Waals surface area contributed by atoms with Crippen molar-refractivity contribution in [3.05, 3.63) is 95.0 Å². The monoisotopic (exact) mass is 542 g/mol. The van der Waals surface area contributed by atoms with Crippen molar-refractivity contribution in [2.24, 2.45) is 0 Å². The molecular formula is C27H22ClF3N4O3. The van der Waals surface area contributed by atoms with Crippen LogP contribution in [0.2, 0.25) is 5.02 Å².